The molecule has 0 aliphatic rings. The Morgan fingerprint density at radius 3 is 2.40 bits per heavy atom. The first-order chi connectivity index (χ1) is 9.26. The van der Waals surface area contributed by atoms with Crippen LogP contribution >= 0.6 is 15.9 Å². The average Bonchev–Trinajstić information content (AvgIpc) is 2.31. The molecule has 114 valence electrons. The Bertz CT molecular complexity index is 393. The summed E-state index contributed by atoms with van der Waals surface area (Å²) in [5.74, 6) is 1.50. The Hall–Kier alpha value is -0.340. The van der Waals surface area contributed by atoms with Gasteiger partial charge < -0.3 is 5.32 Å². The van der Waals surface area contributed by atoms with Crippen LogP contribution in [-0.4, -0.2) is 12.1 Å². The van der Waals surface area contributed by atoms with Crippen molar-refractivity contribution < 1.29 is 0 Å². The molecule has 0 saturated carbocycles. The fraction of sp³-hybridized carbons (Fsp3) is 0.667. The molecular formula is C18H30BrN. The predicted molar refractivity (Wildman–Crippen MR) is 93.2 cm³/mol. The van der Waals surface area contributed by atoms with Crippen LogP contribution in [0, 0.1) is 11.8 Å². The Labute approximate surface area is 133 Å². The van der Waals surface area contributed by atoms with Crippen molar-refractivity contribution in [1.82, 2.24) is 5.32 Å². The zero-order chi connectivity index (χ0) is 15.2. The average molecular weight is 340 g/mol. The number of hydrogen-bond acceptors (Lipinski definition) is 1. The minimum absolute atomic E-state index is 0.202. The summed E-state index contributed by atoms with van der Waals surface area (Å²) in [7, 11) is 0. The Morgan fingerprint density at radius 1 is 1.15 bits per heavy atom. The van der Waals surface area contributed by atoms with E-state index in [1.165, 1.54) is 22.9 Å². The summed E-state index contributed by atoms with van der Waals surface area (Å²) in [5.41, 5.74) is 1.64. The lowest BCUT2D eigenvalue weighted by atomic mass is 9.91. The normalized spacial score (nSPS) is 13.8. The Morgan fingerprint density at radius 2 is 1.85 bits per heavy atom. The minimum Gasteiger partial charge on any atom is -0.312 e. The highest BCUT2D eigenvalue weighted by Gasteiger charge is 2.15. The van der Waals surface area contributed by atoms with E-state index >= 15 is 0 Å². The van der Waals surface area contributed by atoms with Crippen molar-refractivity contribution in [1.29, 1.82) is 0 Å². The lowest BCUT2D eigenvalue weighted by Gasteiger charge is -2.26. The molecule has 0 saturated heterocycles. The summed E-state index contributed by atoms with van der Waals surface area (Å²) < 4.78 is 1.18. The maximum absolute atomic E-state index is 3.67. The molecule has 1 N–H and O–H groups in total. The second-order valence-corrected chi connectivity index (χ2v) is 8.22. The first kappa shape index (κ1) is 17.7. The van der Waals surface area contributed by atoms with E-state index in [1.54, 1.807) is 0 Å². The van der Waals surface area contributed by atoms with Gasteiger partial charge in [0, 0.05) is 10.0 Å². The van der Waals surface area contributed by atoms with Crippen molar-refractivity contribution in [3.05, 3.63) is 34.3 Å². The molecule has 2 heteroatoms. The van der Waals surface area contributed by atoms with E-state index < -0.39 is 0 Å². The molecule has 0 fully saturated rings. The second kappa shape index (κ2) is 8.19. The molecule has 0 heterocycles. The topological polar surface area (TPSA) is 12.0 Å². The van der Waals surface area contributed by atoms with Gasteiger partial charge in [0.25, 0.3) is 0 Å². The molecule has 0 spiro atoms. The highest BCUT2D eigenvalue weighted by molar-refractivity contribution is 9.10. The highest BCUT2D eigenvalue weighted by atomic mass is 79.9. The standard InChI is InChI=1S/C18H30BrN/c1-14(2)9-10-16(13-20-18(3,4)5)11-15-7-6-8-17(19)12-15/h6-8,12,14,16,20H,9-11,13H2,1-5H3. The Balaban J connectivity index is 2.61. The van der Waals surface area contributed by atoms with Gasteiger partial charge in [-0.2, -0.15) is 0 Å². The van der Waals surface area contributed by atoms with Crippen LogP contribution in [0.5, 0.6) is 0 Å². The van der Waals surface area contributed by atoms with Crippen molar-refractivity contribution in [3.63, 3.8) is 0 Å². The summed E-state index contributed by atoms with van der Waals surface area (Å²) in [6, 6.07) is 8.72. The number of benzene rings is 1. The number of hydrogen-bond donors (Lipinski definition) is 1. The largest absolute Gasteiger partial charge is 0.312 e. The molecule has 0 aromatic heterocycles. The van der Waals surface area contributed by atoms with Crippen LogP contribution in [0.25, 0.3) is 0 Å². The van der Waals surface area contributed by atoms with Gasteiger partial charge in [-0.25, -0.2) is 0 Å². The molecular weight excluding hydrogens is 310 g/mol. The fourth-order valence-corrected chi connectivity index (χ4v) is 2.74. The van der Waals surface area contributed by atoms with Gasteiger partial charge >= 0.3 is 0 Å². The molecule has 1 rings (SSSR count). The molecule has 1 unspecified atom stereocenters. The number of rotatable bonds is 7. The maximum atomic E-state index is 3.67. The molecule has 1 aromatic rings. The summed E-state index contributed by atoms with van der Waals surface area (Å²) >= 11 is 3.57. The van der Waals surface area contributed by atoms with Crippen molar-refractivity contribution in [3.8, 4) is 0 Å². The SMILES string of the molecule is CC(C)CCC(CNC(C)(C)C)Cc1cccc(Br)c1. The fourth-order valence-electron chi connectivity index (χ4n) is 2.29. The highest BCUT2D eigenvalue weighted by Crippen LogP contribution is 2.20. The van der Waals surface area contributed by atoms with Crippen LogP contribution in [0.3, 0.4) is 0 Å². The van der Waals surface area contributed by atoms with E-state index in [0.717, 1.165) is 18.9 Å². The van der Waals surface area contributed by atoms with Gasteiger partial charge in [0.15, 0.2) is 0 Å². The van der Waals surface area contributed by atoms with Gasteiger partial charge in [-0.1, -0.05) is 48.3 Å². The minimum atomic E-state index is 0.202. The van der Waals surface area contributed by atoms with Gasteiger partial charge in [0.05, 0.1) is 0 Å². The third kappa shape index (κ3) is 8.06. The molecule has 0 radical (unpaired) electrons. The lowest BCUT2D eigenvalue weighted by molar-refractivity contribution is 0.340. The zero-order valence-corrected chi connectivity index (χ0v) is 15.3. The van der Waals surface area contributed by atoms with Gasteiger partial charge in [-0.15, -0.1) is 0 Å². The Kier molecular flexibility index (Phi) is 7.25. The van der Waals surface area contributed by atoms with Gasteiger partial charge in [-0.05, 0) is 69.7 Å². The molecule has 1 nitrogen and oxygen atoms in total. The molecule has 0 bridgehead atoms. The number of nitrogens with one attached hydrogen (secondary N) is 1. The predicted octanol–water partition coefficient (Wildman–Crippen LogP) is 5.43. The monoisotopic (exact) mass is 339 g/mol. The van der Waals surface area contributed by atoms with Gasteiger partial charge in [0.2, 0.25) is 0 Å². The number of halogens is 1. The van der Waals surface area contributed by atoms with E-state index in [9.17, 15) is 0 Å². The van der Waals surface area contributed by atoms with E-state index in [2.05, 4.69) is 80.1 Å². The van der Waals surface area contributed by atoms with Crippen molar-refractivity contribution >= 4 is 15.9 Å². The summed E-state index contributed by atoms with van der Waals surface area (Å²) in [6.07, 6.45) is 3.77. The third-order valence-electron chi connectivity index (χ3n) is 3.49. The van der Waals surface area contributed by atoms with Crippen molar-refractivity contribution in [2.45, 2.75) is 59.4 Å². The lowest BCUT2D eigenvalue weighted by Crippen LogP contribution is -2.39. The van der Waals surface area contributed by atoms with Crippen molar-refractivity contribution in [2.24, 2.45) is 11.8 Å². The zero-order valence-electron chi connectivity index (χ0n) is 13.7. The summed E-state index contributed by atoms with van der Waals surface area (Å²) in [4.78, 5) is 0. The van der Waals surface area contributed by atoms with Crippen LogP contribution in [0.2, 0.25) is 0 Å². The van der Waals surface area contributed by atoms with E-state index in [1.807, 2.05) is 0 Å². The maximum Gasteiger partial charge on any atom is 0.0177 e. The van der Waals surface area contributed by atoms with Gasteiger partial charge in [0.1, 0.15) is 0 Å². The first-order valence-electron chi connectivity index (χ1n) is 7.76. The second-order valence-electron chi connectivity index (χ2n) is 7.30. The molecule has 0 amide bonds. The first-order valence-corrected chi connectivity index (χ1v) is 8.55. The molecule has 0 aliphatic carbocycles. The van der Waals surface area contributed by atoms with Crippen LogP contribution in [0.1, 0.15) is 53.0 Å². The van der Waals surface area contributed by atoms with Crippen LogP contribution in [0.15, 0.2) is 28.7 Å². The van der Waals surface area contributed by atoms with Gasteiger partial charge in [-0.3, -0.25) is 0 Å². The van der Waals surface area contributed by atoms with E-state index in [4.69, 9.17) is 0 Å². The smallest absolute Gasteiger partial charge is 0.0177 e. The quantitative estimate of drug-likeness (QED) is 0.698. The van der Waals surface area contributed by atoms with E-state index in [0.29, 0.717) is 5.92 Å². The van der Waals surface area contributed by atoms with Crippen LogP contribution in [-0.2, 0) is 6.42 Å². The van der Waals surface area contributed by atoms with Crippen molar-refractivity contribution in [2.75, 3.05) is 6.54 Å². The molecule has 1 aromatic carbocycles. The summed E-state index contributed by atoms with van der Waals surface area (Å²) in [6.45, 7) is 12.5. The summed E-state index contributed by atoms with van der Waals surface area (Å²) in [5, 5.41) is 3.67. The van der Waals surface area contributed by atoms with E-state index in [-0.39, 0.29) is 5.54 Å². The molecule has 0 aliphatic heterocycles. The van der Waals surface area contributed by atoms with Crippen LogP contribution in [0.4, 0.5) is 0 Å². The van der Waals surface area contributed by atoms with Crippen LogP contribution < -0.4 is 5.32 Å². The molecule has 1 atom stereocenters. The third-order valence-corrected chi connectivity index (χ3v) is 3.98. The molecule has 20 heavy (non-hydrogen) atoms.